The van der Waals surface area contributed by atoms with Crippen molar-refractivity contribution >= 4 is 17.7 Å². The van der Waals surface area contributed by atoms with Gasteiger partial charge >= 0.3 is 12.1 Å². The number of halogens is 2. The number of aromatic nitrogens is 2. The highest BCUT2D eigenvalue weighted by molar-refractivity contribution is 5.90. The third kappa shape index (κ3) is 4.38. The minimum absolute atomic E-state index is 0.103. The number of carbonyl (C=O) groups is 2. The van der Waals surface area contributed by atoms with Crippen LogP contribution in [0.2, 0.25) is 0 Å². The molecule has 1 atom stereocenters. The van der Waals surface area contributed by atoms with Crippen LogP contribution in [0.5, 0.6) is 0 Å². The van der Waals surface area contributed by atoms with Crippen molar-refractivity contribution in [3.63, 3.8) is 0 Å². The van der Waals surface area contributed by atoms with Crippen molar-refractivity contribution in [3.05, 3.63) is 58.9 Å². The maximum Gasteiger partial charge on any atom is 0.409 e. The number of fused-ring (bicyclic) bond motifs is 1. The number of esters is 1. The van der Waals surface area contributed by atoms with E-state index in [2.05, 4.69) is 9.72 Å². The number of imidazole rings is 1. The molecule has 10 heteroatoms. The molecule has 8 nitrogen and oxygen atoms in total. The molecule has 2 aromatic heterocycles. The predicted molar refractivity (Wildman–Crippen MR) is 114 cm³/mol. The van der Waals surface area contributed by atoms with Crippen molar-refractivity contribution in [3.8, 4) is 11.3 Å². The Labute approximate surface area is 188 Å². The third-order valence-electron chi connectivity index (χ3n) is 5.57. The Kier molecular flexibility index (Phi) is 6.28. The molecule has 0 spiro atoms. The summed E-state index contributed by atoms with van der Waals surface area (Å²) in [7, 11) is 2.44. The minimum atomic E-state index is -0.933. The highest BCUT2D eigenvalue weighted by Crippen LogP contribution is 2.32. The molecule has 3 heterocycles. The van der Waals surface area contributed by atoms with Crippen LogP contribution >= 0.6 is 0 Å². The van der Waals surface area contributed by atoms with E-state index < -0.39 is 29.8 Å². The molecule has 1 amide bonds. The summed E-state index contributed by atoms with van der Waals surface area (Å²) in [6.45, 7) is 2.85. The summed E-state index contributed by atoms with van der Waals surface area (Å²) < 4.78 is 47.1. The lowest BCUT2D eigenvalue weighted by Crippen LogP contribution is -2.46. The average Bonchev–Trinajstić information content (AvgIpc) is 3.14. The first-order chi connectivity index (χ1) is 15.8. The lowest BCUT2D eigenvalue weighted by molar-refractivity contribution is -0.0241. The molecule has 0 N–H and O–H groups in total. The van der Waals surface area contributed by atoms with E-state index >= 15 is 8.78 Å². The molecule has 3 aromatic rings. The number of hydrogen-bond acceptors (Lipinski definition) is 6. The first kappa shape index (κ1) is 22.7. The zero-order valence-corrected chi connectivity index (χ0v) is 18.4. The van der Waals surface area contributed by atoms with Gasteiger partial charge in [-0.05, 0) is 36.8 Å². The predicted octanol–water partition coefficient (Wildman–Crippen LogP) is 3.38. The Balaban J connectivity index is 1.79. The van der Waals surface area contributed by atoms with Crippen LogP contribution in [0.25, 0.3) is 16.9 Å². The van der Waals surface area contributed by atoms with Gasteiger partial charge in [-0.2, -0.15) is 0 Å². The number of nitrogens with zero attached hydrogens (tertiary/aromatic N) is 3. The van der Waals surface area contributed by atoms with Gasteiger partial charge in [-0.15, -0.1) is 0 Å². The van der Waals surface area contributed by atoms with Gasteiger partial charge in [-0.25, -0.2) is 23.4 Å². The standard InChI is InChI=1S/C23H23F2N3O5/c1-13-4-5-28-18(11-15-12-27(6-7-33-15)23(30)32-3)21(26-19(28)8-13)20-16(24)9-14(10-17(20)25)22(29)31-2/h4-5,8-10,15H,6-7,11-12H2,1-3H3/t15-/m0/s1. The van der Waals surface area contributed by atoms with Gasteiger partial charge in [-0.3, -0.25) is 0 Å². The van der Waals surface area contributed by atoms with Crippen molar-refractivity contribution < 1.29 is 32.6 Å². The van der Waals surface area contributed by atoms with E-state index in [-0.39, 0.29) is 29.8 Å². The van der Waals surface area contributed by atoms with Crippen LogP contribution in [0, 0.1) is 18.6 Å². The van der Waals surface area contributed by atoms with Crippen molar-refractivity contribution in [2.45, 2.75) is 19.4 Å². The molecule has 1 aliphatic heterocycles. The lowest BCUT2D eigenvalue weighted by Gasteiger charge is -2.32. The van der Waals surface area contributed by atoms with Crippen LogP contribution in [-0.4, -0.2) is 66.4 Å². The summed E-state index contributed by atoms with van der Waals surface area (Å²) in [5.41, 5.74) is 1.48. The molecule has 1 saturated heterocycles. The van der Waals surface area contributed by atoms with E-state index in [1.165, 1.54) is 12.0 Å². The van der Waals surface area contributed by atoms with Gasteiger partial charge in [0.05, 0.1) is 56.0 Å². The number of morpholine rings is 1. The number of hydrogen-bond donors (Lipinski definition) is 0. The fraction of sp³-hybridized carbons (Fsp3) is 0.348. The van der Waals surface area contributed by atoms with Crippen LogP contribution in [-0.2, 0) is 20.6 Å². The summed E-state index contributed by atoms with van der Waals surface area (Å²) in [6.07, 6.45) is 1.12. The Morgan fingerprint density at radius 3 is 2.58 bits per heavy atom. The molecular weight excluding hydrogens is 436 g/mol. The summed E-state index contributed by atoms with van der Waals surface area (Å²) in [4.78, 5) is 29.7. The molecule has 1 aliphatic rings. The maximum atomic E-state index is 15.1. The van der Waals surface area contributed by atoms with Crippen molar-refractivity contribution in [2.75, 3.05) is 33.9 Å². The molecule has 174 valence electrons. The smallest absolute Gasteiger partial charge is 0.409 e. The summed E-state index contributed by atoms with van der Waals surface area (Å²) in [5, 5.41) is 0. The van der Waals surface area contributed by atoms with E-state index in [0.717, 1.165) is 24.8 Å². The third-order valence-corrected chi connectivity index (χ3v) is 5.57. The average molecular weight is 459 g/mol. The van der Waals surface area contributed by atoms with Gasteiger partial charge < -0.3 is 23.5 Å². The second-order valence-corrected chi connectivity index (χ2v) is 7.76. The SMILES string of the molecule is COC(=O)c1cc(F)c(-c2nc3cc(C)ccn3c2C[C@H]2CN(C(=O)OC)CCO2)c(F)c1. The van der Waals surface area contributed by atoms with Gasteiger partial charge in [0.1, 0.15) is 17.3 Å². The largest absolute Gasteiger partial charge is 0.465 e. The summed E-state index contributed by atoms with van der Waals surface area (Å²) in [6, 6.07) is 5.52. The second kappa shape index (κ2) is 9.14. The molecule has 0 aliphatic carbocycles. The second-order valence-electron chi connectivity index (χ2n) is 7.76. The highest BCUT2D eigenvalue weighted by Gasteiger charge is 2.29. The first-order valence-electron chi connectivity index (χ1n) is 10.3. The monoisotopic (exact) mass is 459 g/mol. The fourth-order valence-corrected chi connectivity index (χ4v) is 3.98. The summed E-state index contributed by atoms with van der Waals surface area (Å²) in [5.74, 6) is -2.71. The number of benzene rings is 1. The number of aryl methyl sites for hydroxylation is 1. The molecule has 1 fully saturated rings. The molecule has 33 heavy (non-hydrogen) atoms. The topological polar surface area (TPSA) is 82.4 Å². The Hall–Kier alpha value is -3.53. The molecule has 0 radical (unpaired) electrons. The van der Waals surface area contributed by atoms with E-state index in [4.69, 9.17) is 9.47 Å². The van der Waals surface area contributed by atoms with Crippen LogP contribution in [0.15, 0.2) is 30.5 Å². The quantitative estimate of drug-likeness (QED) is 0.557. The fourth-order valence-electron chi connectivity index (χ4n) is 3.98. The van der Waals surface area contributed by atoms with E-state index in [1.54, 1.807) is 16.7 Å². The van der Waals surface area contributed by atoms with Gasteiger partial charge in [0.2, 0.25) is 0 Å². The minimum Gasteiger partial charge on any atom is -0.465 e. The number of pyridine rings is 1. The molecule has 1 aromatic carbocycles. The number of carbonyl (C=O) groups excluding carboxylic acids is 2. The van der Waals surface area contributed by atoms with Gasteiger partial charge in [-0.1, -0.05) is 0 Å². The Morgan fingerprint density at radius 2 is 1.91 bits per heavy atom. The number of amides is 1. The number of ether oxygens (including phenoxy) is 3. The molecule has 0 bridgehead atoms. The Bertz CT molecular complexity index is 1200. The lowest BCUT2D eigenvalue weighted by atomic mass is 10.0. The molecular formula is C23H23F2N3O5. The van der Waals surface area contributed by atoms with Gasteiger partial charge in [0.15, 0.2) is 0 Å². The maximum absolute atomic E-state index is 15.1. The van der Waals surface area contributed by atoms with Crippen molar-refractivity contribution in [2.24, 2.45) is 0 Å². The van der Waals surface area contributed by atoms with E-state index in [0.29, 0.717) is 24.5 Å². The zero-order chi connectivity index (χ0) is 23.7. The van der Waals surface area contributed by atoms with Crippen LogP contribution < -0.4 is 0 Å². The zero-order valence-electron chi connectivity index (χ0n) is 18.4. The van der Waals surface area contributed by atoms with Crippen molar-refractivity contribution in [1.82, 2.24) is 14.3 Å². The van der Waals surface area contributed by atoms with Crippen LogP contribution in [0.3, 0.4) is 0 Å². The molecule has 0 unspecified atom stereocenters. The van der Waals surface area contributed by atoms with Crippen molar-refractivity contribution in [1.29, 1.82) is 0 Å². The van der Waals surface area contributed by atoms with E-state index in [9.17, 15) is 9.59 Å². The highest BCUT2D eigenvalue weighted by atomic mass is 19.1. The van der Waals surface area contributed by atoms with Crippen LogP contribution in [0.1, 0.15) is 21.6 Å². The van der Waals surface area contributed by atoms with Gasteiger partial charge in [0, 0.05) is 19.2 Å². The molecule has 0 saturated carbocycles. The Morgan fingerprint density at radius 1 is 1.18 bits per heavy atom. The normalized spacial score (nSPS) is 16.2. The molecule has 4 rings (SSSR count). The first-order valence-corrected chi connectivity index (χ1v) is 10.3. The summed E-state index contributed by atoms with van der Waals surface area (Å²) >= 11 is 0. The van der Waals surface area contributed by atoms with E-state index in [1.807, 2.05) is 13.0 Å². The van der Waals surface area contributed by atoms with Crippen LogP contribution in [0.4, 0.5) is 13.6 Å². The number of methoxy groups -OCH3 is 2. The number of rotatable bonds is 4. The van der Waals surface area contributed by atoms with Gasteiger partial charge in [0.25, 0.3) is 0 Å².